The topological polar surface area (TPSA) is 25.8 Å². The van der Waals surface area contributed by atoms with Crippen LogP contribution in [0, 0.1) is 5.92 Å². The molecule has 1 saturated carbocycles. The molecule has 0 N–H and O–H groups in total. The van der Waals surface area contributed by atoms with Crippen molar-refractivity contribution in [2.45, 2.75) is 57.0 Å². The van der Waals surface area contributed by atoms with Gasteiger partial charge >= 0.3 is 0 Å². The second-order valence-corrected chi connectivity index (χ2v) is 7.95. The van der Waals surface area contributed by atoms with E-state index in [0.29, 0.717) is 11.1 Å². The second kappa shape index (κ2) is 7.28. The van der Waals surface area contributed by atoms with Gasteiger partial charge in [0.2, 0.25) is 0 Å². The van der Waals surface area contributed by atoms with Crippen LogP contribution in [0.15, 0.2) is 4.47 Å². The third kappa shape index (κ3) is 4.61. The molecule has 106 valence electrons. The monoisotopic (exact) mass is 362 g/mol. The highest BCUT2D eigenvalue weighted by molar-refractivity contribution is 9.10. The van der Waals surface area contributed by atoms with Crippen molar-refractivity contribution in [3.63, 3.8) is 0 Å². The lowest BCUT2D eigenvalue weighted by molar-refractivity contribution is 0.629. The molecule has 2 nitrogen and oxygen atoms in total. The van der Waals surface area contributed by atoms with E-state index in [1.165, 1.54) is 25.7 Å². The third-order valence-electron chi connectivity index (χ3n) is 3.28. The van der Waals surface area contributed by atoms with Crippen LogP contribution < -0.4 is 0 Å². The molecule has 0 bridgehead atoms. The summed E-state index contributed by atoms with van der Waals surface area (Å²) in [6.07, 6.45) is 6.36. The molecule has 1 fully saturated rings. The summed E-state index contributed by atoms with van der Waals surface area (Å²) in [6, 6.07) is 0. The van der Waals surface area contributed by atoms with Gasteiger partial charge in [-0.05, 0) is 41.1 Å². The lowest BCUT2D eigenvalue weighted by Crippen LogP contribution is -2.05. The van der Waals surface area contributed by atoms with Crippen LogP contribution in [0.4, 0.5) is 0 Å². The van der Waals surface area contributed by atoms with Crippen molar-refractivity contribution in [3.8, 4) is 0 Å². The molecule has 0 aromatic carbocycles. The zero-order chi connectivity index (χ0) is 13.8. The van der Waals surface area contributed by atoms with Gasteiger partial charge in [0, 0.05) is 5.25 Å². The third-order valence-corrected chi connectivity index (χ3v) is 5.98. The number of hydrogen-bond donors (Lipinski definition) is 0. The first-order chi connectivity index (χ1) is 9.06. The predicted molar refractivity (Wildman–Crippen MR) is 86.8 cm³/mol. The molecule has 1 aliphatic rings. The second-order valence-electron chi connectivity index (χ2n) is 5.51. The molecule has 5 heteroatoms. The summed E-state index contributed by atoms with van der Waals surface area (Å²) in [5.74, 6) is 2.32. The number of nitrogens with zero attached hydrogens (tertiary/aromatic N) is 2. The van der Waals surface area contributed by atoms with Crippen molar-refractivity contribution in [3.05, 3.63) is 21.1 Å². The molecule has 0 aliphatic heterocycles. The Balaban J connectivity index is 2.05. The summed E-state index contributed by atoms with van der Waals surface area (Å²) in [7, 11) is 0. The molecule has 19 heavy (non-hydrogen) atoms. The van der Waals surface area contributed by atoms with E-state index in [4.69, 9.17) is 11.6 Å². The Morgan fingerprint density at radius 1 is 1.32 bits per heavy atom. The van der Waals surface area contributed by atoms with Crippen LogP contribution in [0.2, 0.25) is 5.15 Å². The molecule has 0 amide bonds. The first kappa shape index (κ1) is 15.6. The summed E-state index contributed by atoms with van der Waals surface area (Å²) in [5.41, 5.74) is 1.04. The predicted octanol–water partition coefficient (Wildman–Crippen LogP) is 5.27. The zero-order valence-electron chi connectivity index (χ0n) is 11.5. The highest BCUT2D eigenvalue weighted by atomic mass is 79.9. The normalized spacial score (nSPS) is 16.5. The summed E-state index contributed by atoms with van der Waals surface area (Å²) >= 11 is 11.7. The minimum absolute atomic E-state index is 0.549. The fourth-order valence-corrected chi connectivity index (χ4v) is 4.07. The van der Waals surface area contributed by atoms with E-state index >= 15 is 0 Å². The molecule has 0 saturated heterocycles. The molecule has 0 spiro atoms. The largest absolute Gasteiger partial charge is 0.236 e. The molecule has 2 rings (SSSR count). The molecular formula is C14H20BrClN2S. The van der Waals surface area contributed by atoms with E-state index < -0.39 is 0 Å². The van der Waals surface area contributed by atoms with Crippen molar-refractivity contribution in [1.29, 1.82) is 0 Å². The standard InChI is InChI=1S/C14H20BrClN2S/c1-9(2)7-11-13(15)14(16)18-12(17-11)8-19-10-5-3-4-6-10/h9-10H,3-8H2,1-2H3. The smallest absolute Gasteiger partial charge is 0.147 e. The van der Waals surface area contributed by atoms with Gasteiger partial charge in [-0.1, -0.05) is 38.3 Å². The Hall–Kier alpha value is 0.200. The van der Waals surface area contributed by atoms with Crippen molar-refractivity contribution < 1.29 is 0 Å². The van der Waals surface area contributed by atoms with Crippen LogP contribution in [-0.4, -0.2) is 15.2 Å². The number of halogens is 2. The molecular weight excluding hydrogens is 344 g/mol. The molecule has 1 aromatic rings. The molecule has 0 atom stereocenters. The number of hydrogen-bond acceptors (Lipinski definition) is 3. The van der Waals surface area contributed by atoms with Crippen LogP contribution in [0.3, 0.4) is 0 Å². The van der Waals surface area contributed by atoms with E-state index in [-0.39, 0.29) is 0 Å². The van der Waals surface area contributed by atoms with Gasteiger partial charge in [-0.2, -0.15) is 11.8 Å². The summed E-state index contributed by atoms with van der Waals surface area (Å²) in [4.78, 5) is 9.06. The lowest BCUT2D eigenvalue weighted by atomic mass is 10.1. The van der Waals surface area contributed by atoms with Crippen LogP contribution in [0.25, 0.3) is 0 Å². The van der Waals surface area contributed by atoms with Crippen molar-refractivity contribution in [2.75, 3.05) is 0 Å². The first-order valence-corrected chi connectivity index (χ1v) is 9.10. The van der Waals surface area contributed by atoms with Gasteiger partial charge in [0.15, 0.2) is 0 Å². The Bertz CT molecular complexity index is 434. The van der Waals surface area contributed by atoms with Crippen LogP contribution in [0.5, 0.6) is 0 Å². The molecule has 1 aromatic heterocycles. The maximum atomic E-state index is 6.19. The Kier molecular flexibility index (Phi) is 5.97. The average Bonchev–Trinajstić information content (AvgIpc) is 2.85. The van der Waals surface area contributed by atoms with Crippen molar-refractivity contribution >= 4 is 39.3 Å². The van der Waals surface area contributed by atoms with Gasteiger partial charge < -0.3 is 0 Å². The van der Waals surface area contributed by atoms with Gasteiger partial charge in [0.25, 0.3) is 0 Å². The number of rotatable bonds is 5. The van der Waals surface area contributed by atoms with Crippen LogP contribution in [-0.2, 0) is 12.2 Å². The SMILES string of the molecule is CC(C)Cc1nc(CSC2CCCC2)nc(Cl)c1Br. The summed E-state index contributed by atoms with van der Waals surface area (Å²) in [6.45, 7) is 4.38. The van der Waals surface area contributed by atoms with Crippen molar-refractivity contribution in [2.24, 2.45) is 5.92 Å². The maximum Gasteiger partial charge on any atom is 0.147 e. The van der Waals surface area contributed by atoms with E-state index in [1.54, 1.807) is 0 Å². The van der Waals surface area contributed by atoms with Gasteiger partial charge in [-0.15, -0.1) is 0 Å². The van der Waals surface area contributed by atoms with Gasteiger partial charge in [-0.25, -0.2) is 9.97 Å². The van der Waals surface area contributed by atoms with E-state index in [2.05, 4.69) is 39.7 Å². The minimum Gasteiger partial charge on any atom is -0.236 e. The minimum atomic E-state index is 0.549. The Morgan fingerprint density at radius 2 is 2.00 bits per heavy atom. The van der Waals surface area contributed by atoms with Gasteiger partial charge in [0.05, 0.1) is 15.9 Å². The number of aromatic nitrogens is 2. The van der Waals surface area contributed by atoms with Crippen molar-refractivity contribution in [1.82, 2.24) is 9.97 Å². The molecule has 0 radical (unpaired) electrons. The molecule has 0 unspecified atom stereocenters. The molecule has 1 aliphatic carbocycles. The van der Waals surface area contributed by atoms with Gasteiger partial charge in [-0.3, -0.25) is 0 Å². The maximum absolute atomic E-state index is 6.19. The lowest BCUT2D eigenvalue weighted by Gasteiger charge is -2.11. The summed E-state index contributed by atoms with van der Waals surface area (Å²) in [5, 5.41) is 1.34. The highest BCUT2D eigenvalue weighted by Gasteiger charge is 2.17. The quantitative estimate of drug-likeness (QED) is 0.667. The summed E-state index contributed by atoms with van der Waals surface area (Å²) < 4.78 is 0.859. The van der Waals surface area contributed by atoms with E-state index in [0.717, 1.165) is 33.4 Å². The highest BCUT2D eigenvalue weighted by Crippen LogP contribution is 2.32. The fourth-order valence-electron chi connectivity index (χ4n) is 2.35. The van der Waals surface area contributed by atoms with E-state index in [9.17, 15) is 0 Å². The fraction of sp³-hybridized carbons (Fsp3) is 0.714. The Labute approximate surface area is 133 Å². The number of thioether (sulfide) groups is 1. The first-order valence-electron chi connectivity index (χ1n) is 6.88. The molecule has 1 heterocycles. The van der Waals surface area contributed by atoms with Crippen LogP contribution >= 0.6 is 39.3 Å². The van der Waals surface area contributed by atoms with Crippen LogP contribution in [0.1, 0.15) is 51.0 Å². The Morgan fingerprint density at radius 3 is 2.63 bits per heavy atom. The zero-order valence-corrected chi connectivity index (χ0v) is 14.6. The average molecular weight is 364 g/mol. The van der Waals surface area contributed by atoms with E-state index in [1.807, 2.05) is 11.8 Å². The van der Waals surface area contributed by atoms with Gasteiger partial charge in [0.1, 0.15) is 11.0 Å².